The van der Waals surface area contributed by atoms with Crippen molar-refractivity contribution in [2.45, 2.75) is 25.8 Å². The molecule has 0 radical (unpaired) electrons. The van der Waals surface area contributed by atoms with Gasteiger partial charge in [0, 0.05) is 17.5 Å². The summed E-state index contributed by atoms with van der Waals surface area (Å²) < 4.78 is 15.8. The van der Waals surface area contributed by atoms with Crippen LogP contribution in [-0.2, 0) is 22.4 Å². The normalized spacial score (nSPS) is 11.3. The summed E-state index contributed by atoms with van der Waals surface area (Å²) in [4.78, 5) is 38.4. The van der Waals surface area contributed by atoms with Gasteiger partial charge >= 0.3 is 5.97 Å². The lowest BCUT2D eigenvalue weighted by Crippen LogP contribution is -2.43. The van der Waals surface area contributed by atoms with E-state index < -0.39 is 24.5 Å². The highest BCUT2D eigenvalue weighted by atomic mass is 16.5. The fourth-order valence-electron chi connectivity index (χ4n) is 3.51. The lowest BCUT2D eigenvalue weighted by atomic mass is 10.0. The number of esters is 1. The number of methoxy groups -OCH3 is 2. The predicted molar refractivity (Wildman–Crippen MR) is 132 cm³/mol. The van der Waals surface area contributed by atoms with E-state index in [1.54, 1.807) is 24.3 Å². The van der Waals surface area contributed by atoms with Gasteiger partial charge in [0.05, 0.1) is 14.2 Å². The van der Waals surface area contributed by atoms with Gasteiger partial charge in [-0.05, 0) is 35.7 Å². The number of nitrogens with one attached hydrogen (secondary N) is 1. The molecule has 0 saturated heterocycles. The van der Waals surface area contributed by atoms with Gasteiger partial charge in [-0.2, -0.15) is 0 Å². The summed E-state index contributed by atoms with van der Waals surface area (Å²) in [5.74, 6) is -0.617. The van der Waals surface area contributed by atoms with Gasteiger partial charge in [-0.1, -0.05) is 61.5 Å². The van der Waals surface area contributed by atoms with Crippen LogP contribution >= 0.6 is 0 Å². The zero-order valence-electron chi connectivity index (χ0n) is 20.1. The molecule has 1 atom stereocenters. The first-order valence-electron chi connectivity index (χ1n) is 11.3. The third kappa shape index (κ3) is 6.93. The molecule has 0 aliphatic carbocycles. The van der Waals surface area contributed by atoms with Crippen LogP contribution in [0.3, 0.4) is 0 Å². The van der Waals surface area contributed by atoms with E-state index in [0.29, 0.717) is 22.6 Å². The number of hydrogen-bond donors (Lipinski definition) is 1. The van der Waals surface area contributed by atoms with Crippen molar-refractivity contribution in [2.75, 3.05) is 20.8 Å². The molecule has 35 heavy (non-hydrogen) atoms. The minimum Gasteiger partial charge on any atom is -0.493 e. The van der Waals surface area contributed by atoms with Crippen LogP contribution in [0, 0.1) is 0 Å². The number of amides is 1. The molecule has 1 amide bonds. The maximum Gasteiger partial charge on any atom is 0.329 e. The van der Waals surface area contributed by atoms with Gasteiger partial charge in [0.25, 0.3) is 5.91 Å². The number of carbonyl (C=O) groups is 3. The van der Waals surface area contributed by atoms with Crippen molar-refractivity contribution in [1.29, 1.82) is 0 Å². The molecule has 0 unspecified atom stereocenters. The maximum absolute atomic E-state index is 13.0. The van der Waals surface area contributed by atoms with Gasteiger partial charge in [0.1, 0.15) is 6.04 Å². The van der Waals surface area contributed by atoms with E-state index in [-0.39, 0.29) is 12.2 Å². The Morgan fingerprint density at radius 1 is 0.800 bits per heavy atom. The quantitative estimate of drug-likeness (QED) is 0.333. The van der Waals surface area contributed by atoms with E-state index in [4.69, 9.17) is 14.2 Å². The predicted octanol–water partition coefficient (Wildman–Crippen LogP) is 4.03. The van der Waals surface area contributed by atoms with Gasteiger partial charge < -0.3 is 19.5 Å². The second-order valence-electron chi connectivity index (χ2n) is 7.87. The van der Waals surface area contributed by atoms with E-state index in [0.717, 1.165) is 17.5 Å². The van der Waals surface area contributed by atoms with Gasteiger partial charge in [0.2, 0.25) is 0 Å². The van der Waals surface area contributed by atoms with Crippen molar-refractivity contribution in [3.8, 4) is 11.5 Å². The molecule has 7 heteroatoms. The highest BCUT2D eigenvalue weighted by Gasteiger charge is 2.25. The highest BCUT2D eigenvalue weighted by molar-refractivity contribution is 5.99. The molecule has 3 aromatic carbocycles. The van der Waals surface area contributed by atoms with Crippen LogP contribution in [0.2, 0.25) is 0 Å². The summed E-state index contributed by atoms with van der Waals surface area (Å²) in [6, 6.07) is 20.2. The number of aryl methyl sites for hydroxylation is 1. The first-order chi connectivity index (χ1) is 16.9. The summed E-state index contributed by atoms with van der Waals surface area (Å²) in [7, 11) is 2.98. The topological polar surface area (TPSA) is 90.9 Å². The molecule has 0 aliphatic heterocycles. The average Bonchev–Trinajstić information content (AvgIpc) is 2.91. The zero-order valence-corrected chi connectivity index (χ0v) is 20.1. The third-order valence-electron chi connectivity index (χ3n) is 5.55. The second kappa shape index (κ2) is 12.4. The Hall–Kier alpha value is -4.13. The summed E-state index contributed by atoms with van der Waals surface area (Å²) in [5.41, 5.74) is 2.70. The molecule has 7 nitrogen and oxygen atoms in total. The first-order valence-corrected chi connectivity index (χ1v) is 11.3. The zero-order chi connectivity index (χ0) is 25.2. The maximum atomic E-state index is 13.0. The van der Waals surface area contributed by atoms with Crippen molar-refractivity contribution in [2.24, 2.45) is 0 Å². The Balaban J connectivity index is 1.72. The Kier molecular flexibility index (Phi) is 9.01. The van der Waals surface area contributed by atoms with Crippen molar-refractivity contribution in [1.82, 2.24) is 5.32 Å². The van der Waals surface area contributed by atoms with Gasteiger partial charge in [-0.15, -0.1) is 0 Å². The summed E-state index contributed by atoms with van der Waals surface area (Å²) >= 11 is 0. The van der Waals surface area contributed by atoms with Crippen molar-refractivity contribution in [3.05, 3.63) is 95.1 Å². The largest absolute Gasteiger partial charge is 0.493 e. The van der Waals surface area contributed by atoms with Crippen LogP contribution in [-0.4, -0.2) is 44.5 Å². The monoisotopic (exact) mass is 475 g/mol. The van der Waals surface area contributed by atoms with Gasteiger partial charge in [-0.3, -0.25) is 9.59 Å². The molecule has 182 valence electrons. The van der Waals surface area contributed by atoms with Crippen molar-refractivity contribution < 1.29 is 28.6 Å². The minimum absolute atomic E-state index is 0.206. The van der Waals surface area contributed by atoms with Crippen LogP contribution < -0.4 is 14.8 Å². The van der Waals surface area contributed by atoms with E-state index in [9.17, 15) is 14.4 Å². The number of Topliss-reactive ketones (excluding diaryl/α,β-unsaturated/α-hetero) is 1. The average molecular weight is 476 g/mol. The Bertz CT molecular complexity index is 1160. The SMILES string of the molecule is CCc1ccc(C(=O)COC(=O)[C@H](Cc2ccccc2)NC(=O)c2ccc(OC)c(OC)c2)cc1. The summed E-state index contributed by atoms with van der Waals surface area (Å²) in [5, 5.41) is 2.73. The molecule has 0 fully saturated rings. The van der Waals surface area contributed by atoms with Crippen molar-refractivity contribution >= 4 is 17.7 Å². The Labute approximate surface area is 205 Å². The number of rotatable bonds is 11. The number of ketones is 1. The Morgan fingerprint density at radius 2 is 1.46 bits per heavy atom. The van der Waals surface area contributed by atoms with E-state index in [1.807, 2.05) is 49.4 Å². The second-order valence-corrected chi connectivity index (χ2v) is 7.87. The molecular weight excluding hydrogens is 446 g/mol. The molecule has 0 aliphatic rings. The van der Waals surface area contributed by atoms with Crippen LogP contribution in [0.5, 0.6) is 11.5 Å². The molecule has 3 aromatic rings. The first kappa shape index (κ1) is 25.5. The lowest BCUT2D eigenvalue weighted by molar-refractivity contribution is -0.144. The molecule has 0 saturated carbocycles. The lowest BCUT2D eigenvalue weighted by Gasteiger charge is -2.18. The fraction of sp³-hybridized carbons (Fsp3) is 0.250. The Morgan fingerprint density at radius 3 is 2.09 bits per heavy atom. The standard InChI is InChI=1S/C28H29NO6/c1-4-19-10-12-21(13-11-19)24(30)18-35-28(32)23(16-20-8-6-5-7-9-20)29-27(31)22-14-15-25(33-2)26(17-22)34-3/h5-15,17,23H,4,16,18H2,1-3H3,(H,29,31)/t23-/m0/s1. The van der Waals surface area contributed by atoms with Crippen LogP contribution in [0.1, 0.15) is 38.8 Å². The smallest absolute Gasteiger partial charge is 0.329 e. The molecular formula is C28H29NO6. The number of ether oxygens (including phenoxy) is 3. The van der Waals surface area contributed by atoms with Crippen LogP contribution in [0.25, 0.3) is 0 Å². The fourth-order valence-corrected chi connectivity index (χ4v) is 3.51. The minimum atomic E-state index is -0.992. The van der Waals surface area contributed by atoms with Crippen LogP contribution in [0.15, 0.2) is 72.8 Å². The van der Waals surface area contributed by atoms with E-state index in [1.165, 1.54) is 20.3 Å². The molecule has 0 heterocycles. The molecule has 3 rings (SSSR count). The van der Waals surface area contributed by atoms with E-state index >= 15 is 0 Å². The molecule has 0 spiro atoms. The number of hydrogen-bond acceptors (Lipinski definition) is 6. The molecule has 0 bridgehead atoms. The molecule has 1 N–H and O–H groups in total. The highest BCUT2D eigenvalue weighted by Crippen LogP contribution is 2.27. The third-order valence-corrected chi connectivity index (χ3v) is 5.55. The van der Waals surface area contributed by atoms with Crippen LogP contribution in [0.4, 0.5) is 0 Å². The van der Waals surface area contributed by atoms with E-state index in [2.05, 4.69) is 5.32 Å². The number of benzene rings is 3. The molecule has 0 aromatic heterocycles. The summed E-state index contributed by atoms with van der Waals surface area (Å²) in [6.07, 6.45) is 1.07. The number of carbonyl (C=O) groups excluding carboxylic acids is 3. The summed E-state index contributed by atoms with van der Waals surface area (Å²) in [6.45, 7) is 1.61. The van der Waals surface area contributed by atoms with Gasteiger partial charge in [0.15, 0.2) is 23.9 Å². The van der Waals surface area contributed by atoms with Gasteiger partial charge in [-0.25, -0.2) is 4.79 Å². The van der Waals surface area contributed by atoms with Crippen molar-refractivity contribution in [3.63, 3.8) is 0 Å².